The molecule has 1 aliphatic heterocycles. The summed E-state index contributed by atoms with van der Waals surface area (Å²) in [4.78, 5) is 2.76. The van der Waals surface area contributed by atoms with Gasteiger partial charge in [-0.2, -0.15) is 0 Å². The summed E-state index contributed by atoms with van der Waals surface area (Å²) < 4.78 is 44.8. The van der Waals surface area contributed by atoms with E-state index in [-0.39, 0.29) is 26.4 Å². The molecule has 48 heavy (non-hydrogen) atoms. The van der Waals surface area contributed by atoms with Gasteiger partial charge in [0.15, 0.2) is 6.29 Å². The standard InChI is InChI=1S/C38H43N3O7/c39-41-40-21-22-42-23-24-44-38-37(47-28-33-19-11-4-12-20-33)36(46-27-32-17-9-3-10-18-32)35(45-26-31-15-7-2-8-16-31)34(48-38)29-43-25-30-13-5-1-6-14-30/h1-20,34-38H,21-29H2/t34-,35-,36+,37-,38-/m1/s1. The Morgan fingerprint density at radius 1 is 0.521 bits per heavy atom. The van der Waals surface area contributed by atoms with Crippen LogP contribution in [0.1, 0.15) is 22.3 Å². The van der Waals surface area contributed by atoms with Gasteiger partial charge in [0.25, 0.3) is 0 Å². The summed E-state index contributed by atoms with van der Waals surface area (Å²) in [5.74, 6) is 0. The highest BCUT2D eigenvalue weighted by atomic mass is 16.7. The molecule has 0 amide bonds. The largest absolute Gasteiger partial charge is 0.379 e. The van der Waals surface area contributed by atoms with E-state index in [1.54, 1.807) is 0 Å². The fourth-order valence-corrected chi connectivity index (χ4v) is 5.36. The Bertz CT molecular complexity index is 1480. The van der Waals surface area contributed by atoms with Crippen molar-refractivity contribution in [3.05, 3.63) is 154 Å². The summed E-state index contributed by atoms with van der Waals surface area (Å²) in [6.07, 6.45) is -3.12. The maximum Gasteiger partial charge on any atom is 0.187 e. The first-order chi connectivity index (χ1) is 23.8. The molecule has 0 unspecified atom stereocenters. The third-order valence-corrected chi connectivity index (χ3v) is 7.75. The molecular formula is C38H43N3O7. The van der Waals surface area contributed by atoms with Gasteiger partial charge in [0, 0.05) is 11.5 Å². The fraction of sp³-hybridized carbons (Fsp3) is 0.368. The average molecular weight is 654 g/mol. The van der Waals surface area contributed by atoms with Crippen LogP contribution < -0.4 is 0 Å². The van der Waals surface area contributed by atoms with E-state index in [0.717, 1.165) is 22.3 Å². The van der Waals surface area contributed by atoms with Gasteiger partial charge in [0.1, 0.15) is 24.4 Å². The van der Waals surface area contributed by atoms with Crippen LogP contribution in [-0.4, -0.2) is 63.7 Å². The first-order valence-electron chi connectivity index (χ1n) is 16.2. The molecule has 252 valence electrons. The Morgan fingerprint density at radius 3 is 1.52 bits per heavy atom. The van der Waals surface area contributed by atoms with Crippen LogP contribution in [0, 0.1) is 0 Å². The lowest BCUT2D eigenvalue weighted by Crippen LogP contribution is -2.62. The summed E-state index contributed by atoms with van der Waals surface area (Å²) >= 11 is 0. The number of hydrogen-bond acceptors (Lipinski definition) is 8. The predicted molar refractivity (Wildman–Crippen MR) is 181 cm³/mol. The van der Waals surface area contributed by atoms with Crippen LogP contribution in [0.3, 0.4) is 0 Å². The first-order valence-corrected chi connectivity index (χ1v) is 16.2. The van der Waals surface area contributed by atoms with Crippen molar-refractivity contribution in [2.24, 2.45) is 5.11 Å². The van der Waals surface area contributed by atoms with Crippen molar-refractivity contribution in [3.8, 4) is 0 Å². The van der Waals surface area contributed by atoms with Gasteiger partial charge >= 0.3 is 0 Å². The molecule has 0 aliphatic carbocycles. The third kappa shape index (κ3) is 11.6. The number of azide groups is 1. The molecule has 4 aromatic rings. The van der Waals surface area contributed by atoms with E-state index < -0.39 is 30.7 Å². The molecule has 1 saturated heterocycles. The van der Waals surface area contributed by atoms with Crippen molar-refractivity contribution in [1.82, 2.24) is 0 Å². The molecule has 1 heterocycles. The van der Waals surface area contributed by atoms with Gasteiger partial charge < -0.3 is 33.2 Å². The van der Waals surface area contributed by atoms with E-state index >= 15 is 0 Å². The highest BCUT2D eigenvalue weighted by Gasteiger charge is 2.49. The second-order valence-corrected chi connectivity index (χ2v) is 11.3. The highest BCUT2D eigenvalue weighted by Crippen LogP contribution is 2.31. The summed E-state index contributed by atoms with van der Waals surface area (Å²) in [5.41, 5.74) is 12.7. The van der Waals surface area contributed by atoms with E-state index in [4.69, 9.17) is 38.7 Å². The summed E-state index contributed by atoms with van der Waals surface area (Å²) in [6, 6.07) is 40.0. The minimum atomic E-state index is -0.808. The molecule has 0 aromatic heterocycles. The number of hydrogen-bond donors (Lipinski definition) is 0. The third-order valence-electron chi connectivity index (χ3n) is 7.75. The Hall–Kier alpha value is -4.09. The normalized spacial score (nSPS) is 20.6. The fourth-order valence-electron chi connectivity index (χ4n) is 5.36. The zero-order valence-corrected chi connectivity index (χ0v) is 27.0. The molecule has 10 nitrogen and oxygen atoms in total. The van der Waals surface area contributed by atoms with E-state index in [1.165, 1.54) is 0 Å². The van der Waals surface area contributed by atoms with Crippen LogP contribution in [0.5, 0.6) is 0 Å². The molecule has 0 saturated carbocycles. The molecule has 0 spiro atoms. The monoisotopic (exact) mass is 653 g/mol. The van der Waals surface area contributed by atoms with Gasteiger partial charge in [0.2, 0.25) is 0 Å². The Balaban J connectivity index is 1.39. The molecule has 10 heteroatoms. The molecule has 5 atom stereocenters. The topological polar surface area (TPSA) is 113 Å². The van der Waals surface area contributed by atoms with Crippen molar-refractivity contribution in [1.29, 1.82) is 0 Å². The number of rotatable bonds is 20. The number of ether oxygens (including phenoxy) is 7. The quantitative estimate of drug-likeness (QED) is 0.0436. The molecule has 1 aliphatic rings. The lowest BCUT2D eigenvalue weighted by atomic mass is 9.97. The van der Waals surface area contributed by atoms with E-state index in [2.05, 4.69) is 10.0 Å². The lowest BCUT2D eigenvalue weighted by molar-refractivity contribution is -0.329. The van der Waals surface area contributed by atoms with Crippen LogP contribution in [0.2, 0.25) is 0 Å². The van der Waals surface area contributed by atoms with E-state index in [9.17, 15) is 0 Å². The van der Waals surface area contributed by atoms with Crippen molar-refractivity contribution in [2.45, 2.75) is 57.1 Å². The minimum absolute atomic E-state index is 0.227. The van der Waals surface area contributed by atoms with Crippen LogP contribution in [0.15, 0.2) is 126 Å². The second-order valence-electron chi connectivity index (χ2n) is 11.3. The van der Waals surface area contributed by atoms with Crippen molar-refractivity contribution < 1.29 is 33.2 Å². The van der Waals surface area contributed by atoms with Gasteiger partial charge in [-0.15, -0.1) is 0 Å². The smallest absolute Gasteiger partial charge is 0.187 e. The summed E-state index contributed by atoms with van der Waals surface area (Å²) in [7, 11) is 0. The Kier molecular flexibility index (Phi) is 14.9. The lowest BCUT2D eigenvalue weighted by Gasteiger charge is -2.46. The summed E-state index contributed by atoms with van der Waals surface area (Å²) in [5, 5.41) is 3.51. The zero-order chi connectivity index (χ0) is 33.1. The maximum atomic E-state index is 8.53. The first kappa shape index (κ1) is 35.2. The van der Waals surface area contributed by atoms with Crippen LogP contribution in [-0.2, 0) is 59.6 Å². The van der Waals surface area contributed by atoms with Crippen LogP contribution in [0.4, 0.5) is 0 Å². The maximum absolute atomic E-state index is 8.53. The Labute approximate surface area is 282 Å². The zero-order valence-electron chi connectivity index (χ0n) is 27.0. The van der Waals surface area contributed by atoms with Gasteiger partial charge in [0.05, 0.1) is 52.9 Å². The van der Waals surface area contributed by atoms with Gasteiger partial charge in [-0.3, -0.25) is 0 Å². The summed E-state index contributed by atoms with van der Waals surface area (Å²) in [6.45, 7) is 2.73. The van der Waals surface area contributed by atoms with Crippen LogP contribution in [0.25, 0.3) is 10.4 Å². The SMILES string of the molecule is [N-]=[N+]=NCCOCCO[C@@H]1O[C@H](COCc2ccccc2)[C@@H](OCc2ccccc2)[C@H](OCc2ccccc2)[C@H]1OCc1ccccc1. The molecule has 1 fully saturated rings. The average Bonchev–Trinajstić information content (AvgIpc) is 3.14. The van der Waals surface area contributed by atoms with Crippen molar-refractivity contribution in [2.75, 3.05) is 33.0 Å². The molecular weight excluding hydrogens is 610 g/mol. The van der Waals surface area contributed by atoms with Gasteiger partial charge in [-0.05, 0) is 27.8 Å². The number of benzene rings is 4. The molecule has 4 aromatic carbocycles. The van der Waals surface area contributed by atoms with E-state index in [0.29, 0.717) is 33.0 Å². The predicted octanol–water partition coefficient (Wildman–Crippen LogP) is 7.03. The van der Waals surface area contributed by atoms with Crippen LogP contribution >= 0.6 is 0 Å². The molecule has 0 N–H and O–H groups in total. The highest BCUT2D eigenvalue weighted by molar-refractivity contribution is 5.16. The molecule has 0 bridgehead atoms. The Morgan fingerprint density at radius 2 is 1.00 bits per heavy atom. The van der Waals surface area contributed by atoms with Crippen molar-refractivity contribution >= 4 is 0 Å². The van der Waals surface area contributed by atoms with Gasteiger partial charge in [-0.25, -0.2) is 0 Å². The van der Waals surface area contributed by atoms with Crippen molar-refractivity contribution in [3.63, 3.8) is 0 Å². The van der Waals surface area contributed by atoms with Gasteiger partial charge in [-0.1, -0.05) is 126 Å². The van der Waals surface area contributed by atoms with E-state index in [1.807, 2.05) is 121 Å². The molecule has 0 radical (unpaired) electrons. The number of nitrogens with zero attached hydrogens (tertiary/aromatic N) is 3. The minimum Gasteiger partial charge on any atom is -0.379 e. The molecule has 5 rings (SSSR count). The second kappa shape index (κ2) is 20.3.